The minimum atomic E-state index is -0.542. The Morgan fingerprint density at radius 2 is 2.25 bits per heavy atom. The number of carbonyl (C=O) groups is 1. The van der Waals surface area contributed by atoms with Gasteiger partial charge in [-0.3, -0.25) is 0 Å². The fourth-order valence-electron chi connectivity index (χ4n) is 0.686. The highest BCUT2D eigenvalue weighted by Gasteiger charge is 2.17. The number of nitrogens with zero attached hydrogens (tertiary/aromatic N) is 1. The van der Waals surface area contributed by atoms with Gasteiger partial charge in [-0.2, -0.15) is 0 Å². The normalized spacial score (nSPS) is 9.50. The summed E-state index contributed by atoms with van der Waals surface area (Å²) in [5, 5.41) is 0.659. The molecule has 1 aromatic rings. The van der Waals surface area contributed by atoms with Gasteiger partial charge in [0.2, 0.25) is 10.8 Å². The zero-order valence-corrected chi connectivity index (χ0v) is 7.47. The first-order valence-corrected chi connectivity index (χ1v) is 3.89. The Bertz CT molecular complexity index is 297. The lowest BCUT2D eigenvalue weighted by molar-refractivity contribution is 0.0591. The average molecular weight is 188 g/mol. The first kappa shape index (κ1) is 8.79. The topological polar surface area (TPSA) is 74.4 Å². The average Bonchev–Trinajstić information content (AvgIpc) is 2.45. The van der Waals surface area contributed by atoms with Gasteiger partial charge in [0, 0.05) is 0 Å². The first-order chi connectivity index (χ1) is 5.69. The van der Waals surface area contributed by atoms with Crippen molar-refractivity contribution in [2.24, 2.45) is 0 Å². The summed E-state index contributed by atoms with van der Waals surface area (Å²) < 4.78 is 9.33. The van der Waals surface area contributed by atoms with Crippen LogP contribution in [0.3, 0.4) is 0 Å². The molecule has 0 atom stereocenters. The molecule has 5 nitrogen and oxygen atoms in total. The van der Waals surface area contributed by atoms with E-state index in [0.717, 1.165) is 11.3 Å². The van der Waals surface area contributed by atoms with Crippen molar-refractivity contribution in [3.05, 3.63) is 5.69 Å². The van der Waals surface area contributed by atoms with Gasteiger partial charge in [-0.05, 0) is 0 Å². The van der Waals surface area contributed by atoms with E-state index in [1.54, 1.807) is 0 Å². The Kier molecular flexibility index (Phi) is 2.49. The van der Waals surface area contributed by atoms with Crippen LogP contribution < -0.4 is 10.5 Å². The molecule has 1 rings (SSSR count). The number of nitrogen functional groups attached to an aromatic ring is 1. The maximum absolute atomic E-state index is 11.0. The molecule has 0 aliphatic rings. The van der Waals surface area contributed by atoms with Crippen molar-refractivity contribution in [2.75, 3.05) is 20.0 Å². The molecule has 0 radical (unpaired) electrons. The highest BCUT2D eigenvalue weighted by Crippen LogP contribution is 2.28. The second kappa shape index (κ2) is 3.40. The van der Waals surface area contributed by atoms with Crippen molar-refractivity contribution in [2.45, 2.75) is 0 Å². The van der Waals surface area contributed by atoms with Gasteiger partial charge in [0.25, 0.3) is 0 Å². The highest BCUT2D eigenvalue weighted by atomic mass is 32.1. The van der Waals surface area contributed by atoms with Crippen LogP contribution in [0.5, 0.6) is 5.06 Å². The van der Waals surface area contributed by atoms with Crippen LogP contribution in [0.15, 0.2) is 0 Å². The Morgan fingerprint density at radius 1 is 1.58 bits per heavy atom. The van der Waals surface area contributed by atoms with Gasteiger partial charge < -0.3 is 15.2 Å². The third-order valence-electron chi connectivity index (χ3n) is 1.18. The van der Waals surface area contributed by atoms with Crippen LogP contribution in [0.1, 0.15) is 10.5 Å². The molecule has 0 bridgehead atoms. The van der Waals surface area contributed by atoms with Gasteiger partial charge in [-0.1, -0.05) is 11.3 Å². The lowest BCUT2D eigenvalue weighted by Crippen LogP contribution is -2.03. The van der Waals surface area contributed by atoms with E-state index in [1.165, 1.54) is 14.2 Å². The fraction of sp³-hybridized carbons (Fsp3) is 0.333. The van der Waals surface area contributed by atoms with Gasteiger partial charge in [-0.15, -0.1) is 0 Å². The quantitative estimate of drug-likeness (QED) is 0.685. The maximum Gasteiger partial charge on any atom is 0.361 e. The number of thiazole rings is 1. The summed E-state index contributed by atoms with van der Waals surface area (Å²) in [5.41, 5.74) is 5.49. The highest BCUT2D eigenvalue weighted by molar-refractivity contribution is 7.17. The molecule has 1 aromatic heterocycles. The molecular formula is C6H8N2O3S. The van der Waals surface area contributed by atoms with Gasteiger partial charge in [0.15, 0.2) is 5.13 Å². The molecule has 0 fully saturated rings. The van der Waals surface area contributed by atoms with Crippen molar-refractivity contribution in [1.29, 1.82) is 0 Å². The number of nitrogens with two attached hydrogens (primary N) is 1. The molecule has 0 aromatic carbocycles. The molecule has 0 aliphatic heterocycles. The van der Waals surface area contributed by atoms with E-state index in [-0.39, 0.29) is 10.8 Å². The van der Waals surface area contributed by atoms with Crippen molar-refractivity contribution in [1.82, 2.24) is 4.98 Å². The number of aromatic nitrogens is 1. The number of hydrogen-bond donors (Lipinski definition) is 1. The smallest absolute Gasteiger partial charge is 0.361 e. The summed E-state index contributed by atoms with van der Waals surface area (Å²) in [7, 11) is 2.72. The standard InChI is InChI=1S/C6H8N2O3S/c1-10-4(9)3-5(11-2)12-6(7)8-3/h1-2H3,(H2,7,8). The number of rotatable bonds is 2. The van der Waals surface area contributed by atoms with Crippen molar-refractivity contribution in [3.8, 4) is 5.06 Å². The molecule has 0 spiro atoms. The molecule has 2 N–H and O–H groups in total. The zero-order valence-electron chi connectivity index (χ0n) is 6.66. The molecule has 0 saturated carbocycles. The van der Waals surface area contributed by atoms with E-state index in [0.29, 0.717) is 5.06 Å². The van der Waals surface area contributed by atoms with Crippen LogP contribution in [0.2, 0.25) is 0 Å². The van der Waals surface area contributed by atoms with Crippen LogP contribution >= 0.6 is 11.3 Å². The SMILES string of the molecule is COC(=O)c1nc(N)sc1OC. The Morgan fingerprint density at radius 3 is 2.75 bits per heavy atom. The number of carbonyl (C=O) groups excluding carboxylic acids is 1. The fourth-order valence-corrected chi connectivity index (χ4v) is 1.32. The first-order valence-electron chi connectivity index (χ1n) is 3.07. The predicted molar refractivity (Wildman–Crippen MR) is 44.4 cm³/mol. The summed E-state index contributed by atoms with van der Waals surface area (Å²) >= 11 is 1.10. The van der Waals surface area contributed by atoms with Crippen LogP contribution in [0.25, 0.3) is 0 Å². The summed E-state index contributed by atoms with van der Waals surface area (Å²) in [6, 6.07) is 0. The molecule has 0 aliphatic carbocycles. The second-order valence-electron chi connectivity index (χ2n) is 1.88. The number of hydrogen-bond acceptors (Lipinski definition) is 6. The molecular weight excluding hydrogens is 180 g/mol. The summed E-state index contributed by atoms with van der Waals surface area (Å²) in [5.74, 6) is -0.542. The zero-order chi connectivity index (χ0) is 9.14. The van der Waals surface area contributed by atoms with E-state index in [2.05, 4.69) is 9.72 Å². The molecule has 66 valence electrons. The van der Waals surface area contributed by atoms with E-state index in [4.69, 9.17) is 10.5 Å². The molecule has 0 unspecified atom stereocenters. The van der Waals surface area contributed by atoms with Gasteiger partial charge in [-0.25, -0.2) is 9.78 Å². The molecule has 0 amide bonds. The Hall–Kier alpha value is -1.30. The van der Waals surface area contributed by atoms with E-state index < -0.39 is 5.97 Å². The van der Waals surface area contributed by atoms with Crippen LogP contribution in [0, 0.1) is 0 Å². The monoisotopic (exact) mass is 188 g/mol. The number of esters is 1. The van der Waals surface area contributed by atoms with E-state index >= 15 is 0 Å². The van der Waals surface area contributed by atoms with E-state index in [9.17, 15) is 4.79 Å². The van der Waals surface area contributed by atoms with Gasteiger partial charge >= 0.3 is 5.97 Å². The Labute approximate surface area is 73.1 Å². The maximum atomic E-state index is 11.0. The third-order valence-corrected chi connectivity index (χ3v) is 2.02. The minimum Gasteiger partial charge on any atom is -0.485 e. The molecule has 1 heterocycles. The van der Waals surface area contributed by atoms with Crippen molar-refractivity contribution in [3.63, 3.8) is 0 Å². The lowest BCUT2D eigenvalue weighted by Gasteiger charge is -1.96. The number of methoxy groups -OCH3 is 2. The summed E-state index contributed by atoms with van der Waals surface area (Å²) in [6.45, 7) is 0. The molecule has 12 heavy (non-hydrogen) atoms. The van der Waals surface area contributed by atoms with Crippen molar-refractivity contribution < 1.29 is 14.3 Å². The van der Waals surface area contributed by atoms with Crippen LogP contribution in [-0.4, -0.2) is 25.2 Å². The molecule has 6 heteroatoms. The van der Waals surface area contributed by atoms with Gasteiger partial charge in [0.1, 0.15) is 0 Å². The number of ether oxygens (including phenoxy) is 2. The minimum absolute atomic E-state index is 0.127. The second-order valence-corrected chi connectivity index (χ2v) is 2.88. The molecule has 0 saturated heterocycles. The largest absolute Gasteiger partial charge is 0.485 e. The lowest BCUT2D eigenvalue weighted by atomic mass is 10.5. The number of anilines is 1. The predicted octanol–water partition coefficient (Wildman–Crippen LogP) is 0.521. The Balaban J connectivity index is 3.04. The van der Waals surface area contributed by atoms with Crippen LogP contribution in [0.4, 0.5) is 5.13 Å². The van der Waals surface area contributed by atoms with Gasteiger partial charge in [0.05, 0.1) is 14.2 Å². The van der Waals surface area contributed by atoms with Crippen LogP contribution in [-0.2, 0) is 4.74 Å². The van der Waals surface area contributed by atoms with E-state index in [1.807, 2.05) is 0 Å². The summed E-state index contributed by atoms with van der Waals surface area (Å²) in [6.07, 6.45) is 0. The third kappa shape index (κ3) is 1.48. The van der Waals surface area contributed by atoms with Crippen molar-refractivity contribution >= 4 is 22.4 Å². The summed E-state index contributed by atoms with van der Waals surface area (Å²) in [4.78, 5) is 14.7.